The Hall–Kier alpha value is -0.450. The zero-order valence-corrected chi connectivity index (χ0v) is 15.7. The second-order valence-corrected chi connectivity index (χ2v) is 9.30. The maximum absolute atomic E-state index is 10.1. The van der Waals surface area contributed by atoms with Gasteiger partial charge in [-0.1, -0.05) is 41.5 Å². The third-order valence-electron chi connectivity index (χ3n) is 3.38. The van der Waals surface area contributed by atoms with Gasteiger partial charge in [0.25, 0.3) is 0 Å². The largest absolute Gasteiger partial charge is 0.392 e. The van der Waals surface area contributed by atoms with E-state index in [1.807, 2.05) is 0 Å². The number of nitrogens with one attached hydrogen (secondary N) is 1. The standard InChI is InChI=1S/C17H32N2OS/c1-11(18-10-13(20)9-16(3,4)5)14-12(2)19-15(21-14)17(6,7)8/h11,13,18,20H,9-10H2,1-8H3. The number of hydrogen-bond donors (Lipinski definition) is 2. The van der Waals surface area contributed by atoms with E-state index in [1.54, 1.807) is 11.3 Å². The number of aliphatic hydroxyl groups is 1. The molecule has 0 aliphatic carbocycles. The molecule has 2 unspecified atom stereocenters. The molecule has 1 aromatic heterocycles. The van der Waals surface area contributed by atoms with Crippen LogP contribution in [0.3, 0.4) is 0 Å². The van der Waals surface area contributed by atoms with Crippen LogP contribution in [-0.2, 0) is 5.41 Å². The molecule has 122 valence electrons. The number of nitrogens with zero attached hydrogens (tertiary/aromatic N) is 1. The van der Waals surface area contributed by atoms with Gasteiger partial charge in [-0.25, -0.2) is 4.98 Å². The van der Waals surface area contributed by atoms with Gasteiger partial charge in [-0.2, -0.15) is 0 Å². The van der Waals surface area contributed by atoms with E-state index >= 15 is 0 Å². The van der Waals surface area contributed by atoms with Crippen molar-refractivity contribution in [2.75, 3.05) is 6.54 Å². The van der Waals surface area contributed by atoms with Crippen molar-refractivity contribution in [3.05, 3.63) is 15.6 Å². The van der Waals surface area contributed by atoms with Crippen LogP contribution in [0.2, 0.25) is 0 Å². The van der Waals surface area contributed by atoms with E-state index in [1.165, 1.54) is 9.88 Å². The molecule has 0 aromatic carbocycles. The second-order valence-electron chi connectivity index (χ2n) is 8.27. The minimum atomic E-state index is -0.303. The summed E-state index contributed by atoms with van der Waals surface area (Å²) in [6.45, 7) is 17.9. The van der Waals surface area contributed by atoms with Gasteiger partial charge in [-0.15, -0.1) is 11.3 Å². The first-order chi connectivity index (χ1) is 9.40. The molecule has 0 aliphatic heterocycles. The Balaban J connectivity index is 2.64. The fourth-order valence-electron chi connectivity index (χ4n) is 2.32. The summed E-state index contributed by atoms with van der Waals surface area (Å²) in [7, 11) is 0. The molecule has 0 amide bonds. The van der Waals surface area contributed by atoms with Crippen molar-refractivity contribution in [2.45, 2.75) is 79.4 Å². The summed E-state index contributed by atoms with van der Waals surface area (Å²) in [4.78, 5) is 5.99. The van der Waals surface area contributed by atoms with Crippen molar-refractivity contribution in [2.24, 2.45) is 5.41 Å². The fourth-order valence-corrected chi connectivity index (χ4v) is 3.47. The van der Waals surface area contributed by atoms with Gasteiger partial charge in [0.2, 0.25) is 0 Å². The van der Waals surface area contributed by atoms with Crippen LogP contribution in [0, 0.1) is 12.3 Å². The molecule has 0 spiro atoms. The van der Waals surface area contributed by atoms with Crippen LogP contribution in [-0.4, -0.2) is 22.7 Å². The predicted molar refractivity (Wildman–Crippen MR) is 92.0 cm³/mol. The average Bonchev–Trinajstić information content (AvgIpc) is 2.65. The third kappa shape index (κ3) is 6.05. The molecule has 1 rings (SSSR count). The molecular formula is C17H32N2OS. The van der Waals surface area contributed by atoms with E-state index in [9.17, 15) is 5.11 Å². The summed E-state index contributed by atoms with van der Waals surface area (Å²) in [6.07, 6.45) is 0.504. The summed E-state index contributed by atoms with van der Waals surface area (Å²) in [5, 5.41) is 14.7. The van der Waals surface area contributed by atoms with Crippen molar-refractivity contribution < 1.29 is 5.11 Å². The van der Waals surface area contributed by atoms with Gasteiger partial charge < -0.3 is 10.4 Å². The first-order valence-electron chi connectivity index (χ1n) is 7.79. The Morgan fingerprint density at radius 3 is 2.19 bits per heavy atom. The molecule has 0 saturated heterocycles. The average molecular weight is 313 g/mol. The molecule has 3 nitrogen and oxygen atoms in total. The number of aliphatic hydroxyl groups excluding tert-OH is 1. The van der Waals surface area contributed by atoms with E-state index in [-0.39, 0.29) is 23.0 Å². The van der Waals surface area contributed by atoms with Crippen LogP contribution < -0.4 is 5.32 Å². The fraction of sp³-hybridized carbons (Fsp3) is 0.824. The van der Waals surface area contributed by atoms with Crippen LogP contribution in [0.25, 0.3) is 0 Å². The lowest BCUT2D eigenvalue weighted by atomic mass is 9.89. The minimum Gasteiger partial charge on any atom is -0.392 e. The van der Waals surface area contributed by atoms with Gasteiger partial charge in [-0.05, 0) is 25.7 Å². The maximum Gasteiger partial charge on any atom is 0.0985 e. The van der Waals surface area contributed by atoms with E-state index in [0.717, 1.165) is 12.1 Å². The van der Waals surface area contributed by atoms with E-state index in [2.05, 4.69) is 60.7 Å². The first-order valence-corrected chi connectivity index (χ1v) is 8.61. The number of rotatable bonds is 5. The Labute approximate surface area is 134 Å². The molecule has 0 radical (unpaired) electrons. The highest BCUT2D eigenvalue weighted by atomic mass is 32.1. The maximum atomic E-state index is 10.1. The molecule has 1 heterocycles. The van der Waals surface area contributed by atoms with Crippen molar-refractivity contribution >= 4 is 11.3 Å². The van der Waals surface area contributed by atoms with Crippen LogP contribution in [0.5, 0.6) is 0 Å². The minimum absolute atomic E-state index is 0.0964. The molecule has 2 N–H and O–H groups in total. The zero-order valence-electron chi connectivity index (χ0n) is 14.9. The first kappa shape index (κ1) is 18.6. The number of thiazole rings is 1. The normalized spacial score (nSPS) is 16.0. The van der Waals surface area contributed by atoms with E-state index < -0.39 is 0 Å². The summed E-state index contributed by atoms with van der Waals surface area (Å²) >= 11 is 1.78. The Bertz CT molecular complexity index is 454. The van der Waals surface area contributed by atoms with E-state index in [0.29, 0.717) is 6.54 Å². The lowest BCUT2D eigenvalue weighted by Gasteiger charge is -2.24. The lowest BCUT2D eigenvalue weighted by Crippen LogP contribution is -2.31. The SMILES string of the molecule is Cc1nc(C(C)(C)C)sc1C(C)NCC(O)CC(C)(C)C. The lowest BCUT2D eigenvalue weighted by molar-refractivity contribution is 0.117. The molecule has 21 heavy (non-hydrogen) atoms. The molecular weight excluding hydrogens is 280 g/mol. The third-order valence-corrected chi connectivity index (χ3v) is 5.14. The van der Waals surface area contributed by atoms with Crippen molar-refractivity contribution in [1.29, 1.82) is 0 Å². The molecule has 0 aliphatic rings. The molecule has 0 saturated carbocycles. The highest BCUT2D eigenvalue weighted by molar-refractivity contribution is 7.12. The molecule has 2 atom stereocenters. The summed E-state index contributed by atoms with van der Waals surface area (Å²) in [6, 6.07) is 0.230. The van der Waals surface area contributed by atoms with Crippen LogP contribution in [0.4, 0.5) is 0 Å². The summed E-state index contributed by atoms with van der Waals surface area (Å²) < 4.78 is 0. The van der Waals surface area contributed by atoms with E-state index in [4.69, 9.17) is 4.98 Å². The monoisotopic (exact) mass is 312 g/mol. The highest BCUT2D eigenvalue weighted by Crippen LogP contribution is 2.32. The van der Waals surface area contributed by atoms with Crippen molar-refractivity contribution in [3.63, 3.8) is 0 Å². The van der Waals surface area contributed by atoms with Crippen LogP contribution >= 0.6 is 11.3 Å². The summed E-state index contributed by atoms with van der Waals surface area (Å²) in [5.74, 6) is 0. The topological polar surface area (TPSA) is 45.2 Å². The predicted octanol–water partition coefficient (Wildman–Crippen LogP) is 4.20. The quantitative estimate of drug-likeness (QED) is 0.856. The van der Waals surface area contributed by atoms with Gasteiger partial charge in [0.1, 0.15) is 0 Å². The van der Waals surface area contributed by atoms with Crippen molar-refractivity contribution in [3.8, 4) is 0 Å². The Morgan fingerprint density at radius 1 is 1.19 bits per heavy atom. The van der Waals surface area contributed by atoms with Gasteiger partial charge in [0.15, 0.2) is 0 Å². The molecule has 0 fully saturated rings. The highest BCUT2D eigenvalue weighted by Gasteiger charge is 2.23. The van der Waals surface area contributed by atoms with Gasteiger partial charge in [-0.3, -0.25) is 0 Å². The van der Waals surface area contributed by atoms with Crippen LogP contribution in [0.1, 0.15) is 76.5 Å². The van der Waals surface area contributed by atoms with Gasteiger partial charge >= 0.3 is 0 Å². The van der Waals surface area contributed by atoms with Gasteiger partial charge in [0.05, 0.1) is 16.8 Å². The summed E-state index contributed by atoms with van der Waals surface area (Å²) in [5.41, 5.74) is 1.36. The second kappa shape index (κ2) is 6.76. The molecule has 1 aromatic rings. The molecule has 0 bridgehead atoms. The number of aromatic nitrogens is 1. The Kier molecular flexibility index (Phi) is 5.99. The van der Waals surface area contributed by atoms with Crippen molar-refractivity contribution in [1.82, 2.24) is 10.3 Å². The van der Waals surface area contributed by atoms with Gasteiger partial charge in [0, 0.05) is 22.9 Å². The number of hydrogen-bond acceptors (Lipinski definition) is 4. The molecule has 4 heteroatoms. The number of aryl methyl sites for hydroxylation is 1. The smallest absolute Gasteiger partial charge is 0.0985 e. The Morgan fingerprint density at radius 2 is 1.76 bits per heavy atom. The zero-order chi connectivity index (χ0) is 16.4. The van der Waals surface area contributed by atoms with Crippen LogP contribution in [0.15, 0.2) is 0 Å².